The molecule has 0 saturated heterocycles. The zero-order valence-electron chi connectivity index (χ0n) is 9.06. The van der Waals surface area contributed by atoms with Crippen LogP contribution in [0.25, 0.3) is 0 Å². The van der Waals surface area contributed by atoms with Crippen molar-refractivity contribution in [1.82, 2.24) is 4.98 Å². The van der Waals surface area contributed by atoms with E-state index in [4.69, 9.17) is 0 Å². The van der Waals surface area contributed by atoms with Gasteiger partial charge in [0.15, 0.2) is 0 Å². The number of aromatic nitrogens is 1. The Labute approximate surface area is 94.0 Å². The average Bonchev–Trinajstić information content (AvgIpc) is 2.30. The third kappa shape index (κ3) is 2.68. The van der Waals surface area contributed by atoms with Crippen molar-refractivity contribution in [3.63, 3.8) is 0 Å². The van der Waals surface area contributed by atoms with Crippen molar-refractivity contribution < 1.29 is 4.92 Å². The first-order chi connectivity index (χ1) is 7.75. The molecule has 0 unspecified atom stereocenters. The lowest BCUT2D eigenvalue weighted by atomic mass is 9.95. The predicted molar refractivity (Wildman–Crippen MR) is 61.4 cm³/mol. The Kier molecular flexibility index (Phi) is 3.34. The Morgan fingerprint density at radius 1 is 1.38 bits per heavy atom. The summed E-state index contributed by atoms with van der Waals surface area (Å²) in [6.45, 7) is 0. The van der Waals surface area contributed by atoms with Crippen molar-refractivity contribution >= 4 is 11.5 Å². The average molecular weight is 221 g/mol. The van der Waals surface area contributed by atoms with E-state index in [2.05, 4.69) is 10.3 Å². The predicted octanol–water partition coefficient (Wildman–Crippen LogP) is 2.73. The molecule has 0 atom stereocenters. The van der Waals surface area contributed by atoms with Crippen molar-refractivity contribution in [2.75, 3.05) is 5.32 Å². The largest absolute Gasteiger partial charge is 0.367 e. The van der Waals surface area contributed by atoms with Gasteiger partial charge in [0.1, 0.15) is 5.82 Å². The standard InChI is InChI=1S/C11H15N3O2/c15-14(16)10-6-7-12-11(8-10)13-9-4-2-1-3-5-9/h6-9H,1-5H2,(H,12,13). The highest BCUT2D eigenvalue weighted by molar-refractivity contribution is 5.44. The van der Waals surface area contributed by atoms with Gasteiger partial charge in [0, 0.05) is 18.3 Å². The van der Waals surface area contributed by atoms with Gasteiger partial charge in [-0.15, -0.1) is 0 Å². The van der Waals surface area contributed by atoms with Gasteiger partial charge in [-0.1, -0.05) is 19.3 Å². The topological polar surface area (TPSA) is 68.1 Å². The van der Waals surface area contributed by atoms with E-state index in [1.54, 1.807) is 0 Å². The summed E-state index contributed by atoms with van der Waals surface area (Å²) < 4.78 is 0. The summed E-state index contributed by atoms with van der Waals surface area (Å²) in [6, 6.07) is 3.32. The van der Waals surface area contributed by atoms with Crippen LogP contribution < -0.4 is 5.32 Å². The fourth-order valence-corrected chi connectivity index (χ4v) is 2.07. The highest BCUT2D eigenvalue weighted by Gasteiger charge is 2.14. The minimum absolute atomic E-state index is 0.0910. The fraction of sp³-hybridized carbons (Fsp3) is 0.545. The molecule has 0 radical (unpaired) electrons. The molecule has 2 rings (SSSR count). The fourth-order valence-electron chi connectivity index (χ4n) is 2.07. The molecule has 1 saturated carbocycles. The van der Waals surface area contributed by atoms with Crippen LogP contribution in [0.15, 0.2) is 18.3 Å². The summed E-state index contributed by atoms with van der Waals surface area (Å²) in [4.78, 5) is 14.3. The van der Waals surface area contributed by atoms with Crippen LogP contribution in [-0.4, -0.2) is 15.9 Å². The second kappa shape index (κ2) is 4.92. The molecule has 1 heterocycles. The van der Waals surface area contributed by atoms with Gasteiger partial charge >= 0.3 is 0 Å². The normalized spacial score (nSPS) is 17.0. The Morgan fingerprint density at radius 3 is 2.81 bits per heavy atom. The second-order valence-electron chi connectivity index (χ2n) is 4.14. The molecule has 1 aromatic heterocycles. The Hall–Kier alpha value is -1.65. The number of pyridine rings is 1. The molecule has 0 amide bonds. The number of rotatable bonds is 3. The van der Waals surface area contributed by atoms with Crippen LogP contribution in [0.4, 0.5) is 11.5 Å². The molecule has 0 bridgehead atoms. The summed E-state index contributed by atoms with van der Waals surface area (Å²) in [6.07, 6.45) is 7.48. The van der Waals surface area contributed by atoms with Crippen molar-refractivity contribution in [2.24, 2.45) is 0 Å². The first-order valence-electron chi connectivity index (χ1n) is 5.63. The summed E-state index contributed by atoms with van der Waals surface area (Å²) >= 11 is 0. The minimum atomic E-state index is -0.395. The Bertz CT molecular complexity index is 375. The van der Waals surface area contributed by atoms with E-state index in [0.29, 0.717) is 11.9 Å². The van der Waals surface area contributed by atoms with E-state index in [1.165, 1.54) is 37.6 Å². The SMILES string of the molecule is O=[N+]([O-])c1ccnc(NC2CCCCC2)c1. The Morgan fingerprint density at radius 2 is 2.12 bits per heavy atom. The highest BCUT2D eigenvalue weighted by Crippen LogP contribution is 2.22. The van der Waals surface area contributed by atoms with Gasteiger partial charge < -0.3 is 5.32 Å². The van der Waals surface area contributed by atoms with E-state index < -0.39 is 4.92 Å². The van der Waals surface area contributed by atoms with Gasteiger partial charge in [-0.05, 0) is 12.8 Å². The lowest BCUT2D eigenvalue weighted by molar-refractivity contribution is -0.384. The summed E-state index contributed by atoms with van der Waals surface area (Å²) in [5.74, 6) is 0.612. The van der Waals surface area contributed by atoms with Gasteiger partial charge in [0.05, 0.1) is 11.0 Å². The summed E-state index contributed by atoms with van der Waals surface area (Å²) in [5, 5.41) is 13.9. The van der Waals surface area contributed by atoms with E-state index >= 15 is 0 Å². The maximum absolute atomic E-state index is 10.6. The van der Waals surface area contributed by atoms with E-state index in [-0.39, 0.29) is 5.69 Å². The van der Waals surface area contributed by atoms with Gasteiger partial charge in [-0.25, -0.2) is 4.98 Å². The zero-order chi connectivity index (χ0) is 11.4. The molecule has 1 aliphatic carbocycles. The number of nitrogens with one attached hydrogen (secondary N) is 1. The zero-order valence-corrected chi connectivity index (χ0v) is 9.06. The number of nitro groups is 1. The lowest BCUT2D eigenvalue weighted by Crippen LogP contribution is -2.22. The van der Waals surface area contributed by atoms with Gasteiger partial charge in [-0.3, -0.25) is 10.1 Å². The van der Waals surface area contributed by atoms with E-state index in [0.717, 1.165) is 12.8 Å². The first-order valence-corrected chi connectivity index (χ1v) is 5.63. The molecule has 0 aliphatic heterocycles. The molecular weight excluding hydrogens is 206 g/mol. The molecule has 1 aromatic rings. The van der Waals surface area contributed by atoms with Crippen LogP contribution in [0.5, 0.6) is 0 Å². The van der Waals surface area contributed by atoms with Crippen molar-refractivity contribution in [3.8, 4) is 0 Å². The number of hydrogen-bond acceptors (Lipinski definition) is 4. The van der Waals surface area contributed by atoms with Crippen LogP contribution in [-0.2, 0) is 0 Å². The molecule has 86 valence electrons. The molecule has 16 heavy (non-hydrogen) atoms. The van der Waals surface area contributed by atoms with Crippen molar-refractivity contribution in [2.45, 2.75) is 38.1 Å². The summed E-state index contributed by atoms with van der Waals surface area (Å²) in [5.41, 5.74) is 0.0910. The number of nitrogens with zero attached hydrogens (tertiary/aromatic N) is 2. The Balaban J connectivity index is 2.02. The lowest BCUT2D eigenvalue weighted by Gasteiger charge is -2.22. The van der Waals surface area contributed by atoms with E-state index in [1.807, 2.05) is 0 Å². The second-order valence-corrected chi connectivity index (χ2v) is 4.14. The number of anilines is 1. The van der Waals surface area contributed by atoms with E-state index in [9.17, 15) is 10.1 Å². The molecule has 0 aromatic carbocycles. The highest BCUT2D eigenvalue weighted by atomic mass is 16.6. The third-order valence-corrected chi connectivity index (χ3v) is 2.91. The van der Waals surface area contributed by atoms with Crippen molar-refractivity contribution in [1.29, 1.82) is 0 Å². The maximum atomic E-state index is 10.6. The van der Waals surface area contributed by atoms with Gasteiger partial charge in [0.2, 0.25) is 0 Å². The van der Waals surface area contributed by atoms with Gasteiger partial charge in [0.25, 0.3) is 5.69 Å². The molecule has 1 N–H and O–H groups in total. The third-order valence-electron chi connectivity index (χ3n) is 2.91. The van der Waals surface area contributed by atoms with Crippen LogP contribution in [0, 0.1) is 10.1 Å². The van der Waals surface area contributed by atoms with Crippen molar-refractivity contribution in [3.05, 3.63) is 28.4 Å². The maximum Gasteiger partial charge on any atom is 0.274 e. The molecular formula is C11H15N3O2. The molecule has 1 fully saturated rings. The van der Waals surface area contributed by atoms with Crippen LogP contribution >= 0.6 is 0 Å². The van der Waals surface area contributed by atoms with Crippen LogP contribution in [0.2, 0.25) is 0 Å². The first kappa shape index (κ1) is 10.9. The number of hydrogen-bond donors (Lipinski definition) is 1. The smallest absolute Gasteiger partial charge is 0.274 e. The molecule has 5 heteroatoms. The van der Waals surface area contributed by atoms with Crippen LogP contribution in [0.3, 0.4) is 0 Å². The van der Waals surface area contributed by atoms with Gasteiger partial charge in [-0.2, -0.15) is 0 Å². The molecule has 0 spiro atoms. The monoisotopic (exact) mass is 221 g/mol. The molecule has 1 aliphatic rings. The summed E-state index contributed by atoms with van der Waals surface area (Å²) in [7, 11) is 0. The molecule has 5 nitrogen and oxygen atoms in total. The quantitative estimate of drug-likeness (QED) is 0.629. The van der Waals surface area contributed by atoms with Crippen LogP contribution in [0.1, 0.15) is 32.1 Å². The minimum Gasteiger partial charge on any atom is -0.367 e.